The van der Waals surface area contributed by atoms with Crippen LogP contribution in [0.15, 0.2) is 53.0 Å². The lowest BCUT2D eigenvalue weighted by atomic mass is 10.1. The third kappa shape index (κ3) is 3.51. The second kappa shape index (κ2) is 6.69. The lowest BCUT2D eigenvalue weighted by Gasteiger charge is -2.16. The van der Waals surface area contributed by atoms with E-state index in [1.807, 2.05) is 6.07 Å². The smallest absolute Gasteiger partial charge is 0.108 e. The monoisotopic (exact) mass is 360 g/mol. The van der Waals surface area contributed by atoms with Crippen LogP contribution in [0, 0.1) is 0 Å². The molecule has 1 N–H and O–H groups in total. The first kappa shape index (κ1) is 14.7. The zero-order chi connectivity index (χ0) is 14.7. The van der Waals surface area contributed by atoms with Crippen molar-refractivity contribution in [2.45, 2.75) is 25.9 Å². The van der Waals surface area contributed by atoms with E-state index in [-0.39, 0.29) is 0 Å². The molecule has 1 atom stereocenters. The highest BCUT2D eigenvalue weighted by atomic mass is 79.9. The summed E-state index contributed by atoms with van der Waals surface area (Å²) in [6, 6.07) is 17.2. The fourth-order valence-corrected chi connectivity index (χ4v) is 3.58. The minimum atomic E-state index is 0.366. The van der Waals surface area contributed by atoms with Crippen molar-refractivity contribution in [3.63, 3.8) is 0 Å². The summed E-state index contributed by atoms with van der Waals surface area (Å²) < 4.78 is 2.37. The molecule has 0 saturated carbocycles. The van der Waals surface area contributed by atoms with Gasteiger partial charge in [-0.05, 0) is 36.2 Å². The molecule has 2 nitrogen and oxygen atoms in total. The quantitative estimate of drug-likeness (QED) is 0.667. The molecule has 3 aromatic rings. The van der Waals surface area contributed by atoms with Crippen molar-refractivity contribution >= 4 is 37.5 Å². The van der Waals surface area contributed by atoms with Crippen LogP contribution in [0.4, 0.5) is 0 Å². The number of hydrogen-bond acceptors (Lipinski definition) is 3. The summed E-state index contributed by atoms with van der Waals surface area (Å²) in [5, 5.41) is 4.76. The molecule has 3 rings (SSSR count). The Bertz CT molecular complexity index is 688. The van der Waals surface area contributed by atoms with Crippen molar-refractivity contribution in [1.82, 2.24) is 10.3 Å². The molecule has 0 amide bonds. The summed E-state index contributed by atoms with van der Waals surface area (Å²) in [7, 11) is 0. The molecule has 1 heterocycles. The van der Waals surface area contributed by atoms with Crippen molar-refractivity contribution in [2.75, 3.05) is 0 Å². The minimum absolute atomic E-state index is 0.366. The van der Waals surface area contributed by atoms with Gasteiger partial charge in [0.25, 0.3) is 0 Å². The summed E-state index contributed by atoms with van der Waals surface area (Å²) in [4.78, 5) is 4.68. The average molecular weight is 361 g/mol. The highest BCUT2D eigenvalue weighted by Gasteiger charge is 2.10. The zero-order valence-electron chi connectivity index (χ0n) is 11.8. The Morgan fingerprint density at radius 2 is 1.90 bits per heavy atom. The van der Waals surface area contributed by atoms with Gasteiger partial charge in [0.05, 0.1) is 10.2 Å². The van der Waals surface area contributed by atoms with E-state index in [0.29, 0.717) is 6.04 Å². The Labute approximate surface area is 137 Å². The summed E-state index contributed by atoms with van der Waals surface area (Å²) >= 11 is 5.25. The lowest BCUT2D eigenvalue weighted by molar-refractivity contribution is 0.518. The van der Waals surface area contributed by atoms with Crippen LogP contribution < -0.4 is 5.32 Å². The number of hydrogen-bond donors (Lipinski definition) is 1. The molecule has 2 aromatic carbocycles. The van der Waals surface area contributed by atoms with Gasteiger partial charge in [0.2, 0.25) is 0 Å². The number of para-hydroxylation sites is 1. The predicted octanol–water partition coefficient (Wildman–Crippen LogP) is 5.30. The van der Waals surface area contributed by atoms with Gasteiger partial charge in [-0.25, -0.2) is 4.98 Å². The van der Waals surface area contributed by atoms with Crippen LogP contribution in [-0.2, 0) is 6.54 Å². The summed E-state index contributed by atoms with van der Waals surface area (Å²) in [5.74, 6) is 0. The molecule has 0 unspecified atom stereocenters. The van der Waals surface area contributed by atoms with Gasteiger partial charge in [-0.3, -0.25) is 0 Å². The molecule has 0 aliphatic carbocycles. The van der Waals surface area contributed by atoms with E-state index in [2.05, 4.69) is 75.6 Å². The molecule has 0 spiro atoms. The standard InChI is InChI=1S/C17H17BrN2S/c1-2-14(12-7-9-13(18)10-8-12)19-11-17-20-15-5-3-4-6-16(15)21-17/h3-10,14,19H,2,11H2,1H3/t14-/m0/s1. The van der Waals surface area contributed by atoms with Gasteiger partial charge in [0, 0.05) is 17.1 Å². The Kier molecular flexibility index (Phi) is 4.68. The normalized spacial score (nSPS) is 12.7. The van der Waals surface area contributed by atoms with Crippen LogP contribution >= 0.6 is 27.3 Å². The van der Waals surface area contributed by atoms with E-state index in [0.717, 1.165) is 28.0 Å². The molecule has 0 radical (unpaired) electrons. The van der Waals surface area contributed by atoms with Gasteiger partial charge in [-0.15, -0.1) is 11.3 Å². The zero-order valence-corrected chi connectivity index (χ0v) is 14.2. The van der Waals surface area contributed by atoms with Crippen LogP contribution in [0.1, 0.15) is 30.0 Å². The van der Waals surface area contributed by atoms with Gasteiger partial charge < -0.3 is 5.32 Å². The second-order valence-corrected chi connectivity index (χ2v) is 7.00. The van der Waals surface area contributed by atoms with Crippen LogP contribution in [0.3, 0.4) is 0 Å². The molecule has 0 fully saturated rings. The number of rotatable bonds is 5. The van der Waals surface area contributed by atoms with Crippen molar-refractivity contribution in [3.05, 3.63) is 63.6 Å². The third-order valence-electron chi connectivity index (χ3n) is 3.52. The van der Waals surface area contributed by atoms with Crippen molar-refractivity contribution < 1.29 is 0 Å². The number of nitrogens with zero attached hydrogens (tertiary/aromatic N) is 1. The highest BCUT2D eigenvalue weighted by molar-refractivity contribution is 9.10. The number of aromatic nitrogens is 1. The molecule has 0 saturated heterocycles. The molecular weight excluding hydrogens is 344 g/mol. The van der Waals surface area contributed by atoms with Crippen LogP contribution in [0.2, 0.25) is 0 Å². The van der Waals surface area contributed by atoms with E-state index in [9.17, 15) is 0 Å². The molecule has 1 aromatic heterocycles. The van der Waals surface area contributed by atoms with Gasteiger partial charge in [-0.2, -0.15) is 0 Å². The summed E-state index contributed by atoms with van der Waals surface area (Å²) in [5.41, 5.74) is 2.41. The SMILES string of the molecule is CC[C@H](NCc1nc2ccccc2s1)c1ccc(Br)cc1. The molecule has 21 heavy (non-hydrogen) atoms. The van der Waals surface area contributed by atoms with Gasteiger partial charge in [-0.1, -0.05) is 47.1 Å². The van der Waals surface area contributed by atoms with Crippen LogP contribution in [0.5, 0.6) is 0 Å². The Hall–Kier alpha value is -1.23. The molecular formula is C17H17BrN2S. The maximum atomic E-state index is 4.68. The van der Waals surface area contributed by atoms with E-state index >= 15 is 0 Å². The van der Waals surface area contributed by atoms with E-state index in [1.165, 1.54) is 10.3 Å². The van der Waals surface area contributed by atoms with E-state index < -0.39 is 0 Å². The van der Waals surface area contributed by atoms with Crippen LogP contribution in [0.25, 0.3) is 10.2 Å². The van der Waals surface area contributed by atoms with Gasteiger partial charge in [0.15, 0.2) is 0 Å². The predicted molar refractivity (Wildman–Crippen MR) is 93.6 cm³/mol. The first-order valence-electron chi connectivity index (χ1n) is 7.09. The maximum absolute atomic E-state index is 4.68. The third-order valence-corrected chi connectivity index (χ3v) is 5.08. The average Bonchev–Trinajstić information content (AvgIpc) is 2.92. The number of benzene rings is 2. The van der Waals surface area contributed by atoms with Crippen LogP contribution in [-0.4, -0.2) is 4.98 Å². The number of fused-ring (bicyclic) bond motifs is 1. The van der Waals surface area contributed by atoms with E-state index in [4.69, 9.17) is 0 Å². The molecule has 0 aliphatic rings. The molecule has 4 heteroatoms. The highest BCUT2D eigenvalue weighted by Crippen LogP contribution is 2.23. The Balaban J connectivity index is 1.71. The Morgan fingerprint density at radius 1 is 1.14 bits per heavy atom. The fraction of sp³-hybridized carbons (Fsp3) is 0.235. The van der Waals surface area contributed by atoms with Gasteiger partial charge >= 0.3 is 0 Å². The largest absolute Gasteiger partial charge is 0.304 e. The van der Waals surface area contributed by atoms with Crippen molar-refractivity contribution in [1.29, 1.82) is 0 Å². The Morgan fingerprint density at radius 3 is 2.62 bits per heavy atom. The molecule has 0 aliphatic heterocycles. The minimum Gasteiger partial charge on any atom is -0.304 e. The first-order chi connectivity index (χ1) is 10.3. The van der Waals surface area contributed by atoms with E-state index in [1.54, 1.807) is 11.3 Å². The maximum Gasteiger partial charge on any atom is 0.108 e. The number of thiazole rings is 1. The van der Waals surface area contributed by atoms with Crippen molar-refractivity contribution in [2.24, 2.45) is 0 Å². The number of halogens is 1. The second-order valence-electron chi connectivity index (χ2n) is 4.97. The molecule has 0 bridgehead atoms. The number of nitrogens with one attached hydrogen (secondary N) is 1. The summed E-state index contributed by atoms with van der Waals surface area (Å²) in [6.45, 7) is 3.02. The fourth-order valence-electron chi connectivity index (χ4n) is 2.40. The molecule has 108 valence electrons. The summed E-state index contributed by atoms with van der Waals surface area (Å²) in [6.07, 6.45) is 1.06. The van der Waals surface area contributed by atoms with Gasteiger partial charge in [0.1, 0.15) is 5.01 Å². The van der Waals surface area contributed by atoms with Crippen molar-refractivity contribution in [3.8, 4) is 0 Å². The first-order valence-corrected chi connectivity index (χ1v) is 8.70. The topological polar surface area (TPSA) is 24.9 Å². The lowest BCUT2D eigenvalue weighted by Crippen LogP contribution is -2.20.